The molecule has 0 heterocycles. The lowest BCUT2D eigenvalue weighted by molar-refractivity contribution is 0.270. The largest absolute Gasteiger partial charge is 0.396 e. The smallest absolute Gasteiger partial charge is 0.123 e. The van der Waals surface area contributed by atoms with Crippen LogP contribution in [0, 0.1) is 0 Å². The summed E-state index contributed by atoms with van der Waals surface area (Å²) in [6.07, 6.45) is -0.967. The lowest BCUT2D eigenvalue weighted by Crippen LogP contribution is -2.03. The van der Waals surface area contributed by atoms with E-state index in [2.05, 4.69) is 0 Å². The Morgan fingerprint density at radius 3 is 2.23 bits per heavy atom. The van der Waals surface area contributed by atoms with Crippen LogP contribution in [0.4, 0.5) is 4.39 Å². The normalized spacial score (nSPS) is 15.4. The van der Waals surface area contributed by atoms with Crippen LogP contribution in [0.25, 0.3) is 0 Å². The van der Waals surface area contributed by atoms with E-state index >= 15 is 0 Å². The molecule has 0 saturated heterocycles. The van der Waals surface area contributed by atoms with Crippen LogP contribution < -0.4 is 0 Å². The van der Waals surface area contributed by atoms with Crippen LogP contribution >= 0.6 is 0 Å². The molecule has 0 spiro atoms. The zero-order valence-electron chi connectivity index (χ0n) is 8.00. The molecule has 0 saturated carbocycles. The van der Waals surface area contributed by atoms with Crippen LogP contribution in [0.5, 0.6) is 0 Å². The molecule has 13 heavy (non-hydrogen) atoms. The monoisotopic (exact) mass is 182 g/mol. The van der Waals surface area contributed by atoms with Gasteiger partial charge in [-0.3, -0.25) is 0 Å². The van der Waals surface area contributed by atoms with Gasteiger partial charge in [0.15, 0.2) is 0 Å². The standard InChI is InChI=1S/C11H15FO/c1-8(7-13)10-5-3-4-6-11(10)9(2)12/h3-6,8-9,13H,7H2,1-2H3. The van der Waals surface area contributed by atoms with Crippen molar-refractivity contribution in [3.8, 4) is 0 Å². The van der Waals surface area contributed by atoms with Crippen molar-refractivity contribution in [3.05, 3.63) is 35.4 Å². The third kappa shape index (κ3) is 2.28. The van der Waals surface area contributed by atoms with Gasteiger partial charge in [0.1, 0.15) is 6.17 Å². The summed E-state index contributed by atoms with van der Waals surface area (Å²) in [5, 5.41) is 8.97. The second-order valence-electron chi connectivity index (χ2n) is 3.33. The SMILES string of the molecule is CC(F)c1ccccc1C(C)CO. The van der Waals surface area contributed by atoms with Crippen LogP contribution in [-0.4, -0.2) is 11.7 Å². The van der Waals surface area contributed by atoms with E-state index in [4.69, 9.17) is 5.11 Å². The van der Waals surface area contributed by atoms with Crippen LogP contribution in [0.2, 0.25) is 0 Å². The Labute approximate surface area is 78.2 Å². The minimum Gasteiger partial charge on any atom is -0.396 e. The molecule has 1 rings (SSSR count). The minimum absolute atomic E-state index is 0.00870. The molecule has 72 valence electrons. The van der Waals surface area contributed by atoms with Gasteiger partial charge in [-0.15, -0.1) is 0 Å². The van der Waals surface area contributed by atoms with Gasteiger partial charge in [-0.25, -0.2) is 4.39 Å². The Bertz CT molecular complexity index is 271. The predicted molar refractivity (Wildman–Crippen MR) is 51.5 cm³/mol. The summed E-state index contributed by atoms with van der Waals surface area (Å²) in [5.74, 6) is 0.00870. The minimum atomic E-state index is -0.967. The topological polar surface area (TPSA) is 20.2 Å². The van der Waals surface area contributed by atoms with Crippen LogP contribution in [-0.2, 0) is 0 Å². The Morgan fingerprint density at radius 2 is 1.77 bits per heavy atom. The summed E-state index contributed by atoms with van der Waals surface area (Å²) in [5.41, 5.74) is 1.59. The van der Waals surface area contributed by atoms with Crippen molar-refractivity contribution in [2.75, 3.05) is 6.61 Å². The van der Waals surface area contributed by atoms with Crippen molar-refractivity contribution in [3.63, 3.8) is 0 Å². The fourth-order valence-corrected chi connectivity index (χ4v) is 1.42. The molecule has 2 heteroatoms. The Morgan fingerprint density at radius 1 is 1.23 bits per heavy atom. The maximum absolute atomic E-state index is 13.1. The average molecular weight is 182 g/mol. The predicted octanol–water partition coefficient (Wildman–Crippen LogP) is 2.81. The summed E-state index contributed by atoms with van der Waals surface area (Å²) >= 11 is 0. The number of aliphatic hydroxyl groups is 1. The highest BCUT2D eigenvalue weighted by molar-refractivity contribution is 5.31. The summed E-state index contributed by atoms with van der Waals surface area (Å²) in [7, 11) is 0. The van der Waals surface area contributed by atoms with Crippen molar-refractivity contribution in [1.29, 1.82) is 0 Å². The van der Waals surface area contributed by atoms with Gasteiger partial charge in [-0.05, 0) is 18.1 Å². The van der Waals surface area contributed by atoms with E-state index in [0.29, 0.717) is 5.56 Å². The Kier molecular flexibility index (Phi) is 3.43. The summed E-state index contributed by atoms with van der Waals surface area (Å²) in [6.45, 7) is 3.47. The Balaban J connectivity index is 3.04. The van der Waals surface area contributed by atoms with Gasteiger partial charge >= 0.3 is 0 Å². The van der Waals surface area contributed by atoms with E-state index < -0.39 is 6.17 Å². The van der Waals surface area contributed by atoms with Gasteiger partial charge in [0, 0.05) is 12.5 Å². The van der Waals surface area contributed by atoms with Gasteiger partial charge < -0.3 is 5.11 Å². The van der Waals surface area contributed by atoms with Crippen molar-refractivity contribution >= 4 is 0 Å². The maximum Gasteiger partial charge on any atom is 0.123 e. The molecule has 2 unspecified atom stereocenters. The molecule has 0 bridgehead atoms. The van der Waals surface area contributed by atoms with Gasteiger partial charge in [0.25, 0.3) is 0 Å². The number of aliphatic hydroxyl groups excluding tert-OH is 1. The Hall–Kier alpha value is -0.890. The lowest BCUT2D eigenvalue weighted by Gasteiger charge is -2.14. The van der Waals surface area contributed by atoms with E-state index in [-0.39, 0.29) is 12.5 Å². The first-order valence-corrected chi connectivity index (χ1v) is 4.50. The number of rotatable bonds is 3. The molecule has 0 radical (unpaired) electrons. The van der Waals surface area contributed by atoms with Crippen LogP contribution in [0.3, 0.4) is 0 Å². The highest BCUT2D eigenvalue weighted by atomic mass is 19.1. The lowest BCUT2D eigenvalue weighted by atomic mass is 9.94. The third-order valence-electron chi connectivity index (χ3n) is 2.23. The average Bonchev–Trinajstić information content (AvgIpc) is 2.16. The molecule has 0 aliphatic carbocycles. The fourth-order valence-electron chi connectivity index (χ4n) is 1.42. The molecule has 0 fully saturated rings. The second-order valence-corrected chi connectivity index (χ2v) is 3.33. The molecule has 1 N–H and O–H groups in total. The highest BCUT2D eigenvalue weighted by Crippen LogP contribution is 2.26. The highest BCUT2D eigenvalue weighted by Gasteiger charge is 2.12. The maximum atomic E-state index is 13.1. The van der Waals surface area contributed by atoms with E-state index in [1.165, 1.54) is 6.92 Å². The van der Waals surface area contributed by atoms with Crippen LogP contribution in [0.15, 0.2) is 24.3 Å². The number of benzene rings is 1. The van der Waals surface area contributed by atoms with E-state index in [0.717, 1.165) is 5.56 Å². The van der Waals surface area contributed by atoms with Crippen molar-refractivity contribution in [1.82, 2.24) is 0 Å². The number of hydrogen-bond acceptors (Lipinski definition) is 1. The second kappa shape index (κ2) is 4.38. The molecule has 1 aromatic carbocycles. The van der Waals surface area contributed by atoms with Crippen LogP contribution in [0.1, 0.15) is 37.1 Å². The van der Waals surface area contributed by atoms with E-state index in [1.807, 2.05) is 25.1 Å². The molecule has 0 aromatic heterocycles. The molecule has 0 aliphatic heterocycles. The molecule has 1 aromatic rings. The zero-order chi connectivity index (χ0) is 9.84. The van der Waals surface area contributed by atoms with Crippen molar-refractivity contribution in [2.24, 2.45) is 0 Å². The quantitative estimate of drug-likeness (QED) is 0.762. The van der Waals surface area contributed by atoms with Gasteiger partial charge in [0.2, 0.25) is 0 Å². The molecule has 0 amide bonds. The van der Waals surface area contributed by atoms with E-state index in [9.17, 15) is 4.39 Å². The fraction of sp³-hybridized carbons (Fsp3) is 0.455. The zero-order valence-corrected chi connectivity index (χ0v) is 8.00. The van der Waals surface area contributed by atoms with Crippen molar-refractivity contribution < 1.29 is 9.50 Å². The number of halogens is 1. The van der Waals surface area contributed by atoms with E-state index in [1.54, 1.807) is 6.07 Å². The van der Waals surface area contributed by atoms with Gasteiger partial charge in [-0.1, -0.05) is 31.2 Å². The molecule has 2 atom stereocenters. The third-order valence-corrected chi connectivity index (χ3v) is 2.23. The van der Waals surface area contributed by atoms with Crippen molar-refractivity contribution in [2.45, 2.75) is 25.9 Å². The number of alkyl halides is 1. The van der Waals surface area contributed by atoms with Gasteiger partial charge in [0.05, 0.1) is 0 Å². The summed E-state index contributed by atoms with van der Waals surface area (Å²) in [4.78, 5) is 0. The van der Waals surface area contributed by atoms with Gasteiger partial charge in [-0.2, -0.15) is 0 Å². The summed E-state index contributed by atoms with van der Waals surface area (Å²) < 4.78 is 13.1. The first-order valence-electron chi connectivity index (χ1n) is 4.50. The number of hydrogen-bond donors (Lipinski definition) is 1. The molecular weight excluding hydrogens is 167 g/mol. The molecular formula is C11H15FO. The first kappa shape index (κ1) is 10.2. The summed E-state index contributed by atoms with van der Waals surface area (Å²) in [6, 6.07) is 7.32. The molecule has 1 nitrogen and oxygen atoms in total. The molecule has 0 aliphatic rings. The first-order chi connectivity index (χ1) is 6.16.